The largest absolute Gasteiger partial charge is 0.478 e. The highest BCUT2D eigenvalue weighted by atomic mass is 32.1. The molecule has 27 heavy (non-hydrogen) atoms. The molecule has 0 bridgehead atoms. The summed E-state index contributed by atoms with van der Waals surface area (Å²) in [4.78, 5) is 24.5. The SMILES string of the molecule is Nc1sc2c(c1C(=O)O)CC(CNC(=O)Cc1ccc3c(c1)OCO3)OC2. The van der Waals surface area contributed by atoms with Gasteiger partial charge in [-0.25, -0.2) is 4.79 Å². The van der Waals surface area contributed by atoms with Crippen LogP contribution in [0.1, 0.15) is 26.4 Å². The highest BCUT2D eigenvalue weighted by molar-refractivity contribution is 7.16. The predicted molar refractivity (Wildman–Crippen MR) is 97.3 cm³/mol. The van der Waals surface area contributed by atoms with Gasteiger partial charge in [-0.1, -0.05) is 6.07 Å². The Morgan fingerprint density at radius 3 is 2.93 bits per heavy atom. The van der Waals surface area contributed by atoms with Gasteiger partial charge in [0.25, 0.3) is 0 Å². The number of anilines is 1. The molecule has 0 aliphatic carbocycles. The van der Waals surface area contributed by atoms with Gasteiger partial charge in [-0.3, -0.25) is 4.79 Å². The molecule has 1 amide bonds. The van der Waals surface area contributed by atoms with Crippen LogP contribution in [0.3, 0.4) is 0 Å². The zero-order valence-corrected chi connectivity index (χ0v) is 15.1. The highest BCUT2D eigenvalue weighted by Crippen LogP contribution is 2.36. The van der Waals surface area contributed by atoms with Gasteiger partial charge < -0.3 is 30.4 Å². The average Bonchev–Trinajstić information content (AvgIpc) is 3.22. The van der Waals surface area contributed by atoms with Crippen molar-refractivity contribution in [1.82, 2.24) is 5.32 Å². The van der Waals surface area contributed by atoms with Crippen LogP contribution >= 0.6 is 11.3 Å². The van der Waals surface area contributed by atoms with Crippen LogP contribution in [0.25, 0.3) is 0 Å². The van der Waals surface area contributed by atoms with Crippen molar-refractivity contribution in [1.29, 1.82) is 0 Å². The number of aromatic carboxylic acids is 1. The van der Waals surface area contributed by atoms with Crippen molar-refractivity contribution < 1.29 is 28.9 Å². The maximum Gasteiger partial charge on any atom is 0.338 e. The average molecular weight is 390 g/mol. The fourth-order valence-electron chi connectivity index (χ4n) is 3.24. The van der Waals surface area contributed by atoms with Crippen LogP contribution in [0.4, 0.5) is 5.00 Å². The zero-order chi connectivity index (χ0) is 19.0. The van der Waals surface area contributed by atoms with Gasteiger partial charge >= 0.3 is 5.97 Å². The smallest absolute Gasteiger partial charge is 0.338 e. The van der Waals surface area contributed by atoms with E-state index in [4.69, 9.17) is 19.9 Å². The molecule has 2 aliphatic heterocycles. The molecule has 0 saturated carbocycles. The zero-order valence-electron chi connectivity index (χ0n) is 14.3. The summed E-state index contributed by atoms with van der Waals surface area (Å²) in [6.07, 6.45) is 0.334. The lowest BCUT2D eigenvalue weighted by Crippen LogP contribution is -2.37. The predicted octanol–water partition coefficient (Wildman–Crippen LogP) is 1.56. The van der Waals surface area contributed by atoms with Crippen LogP contribution in [0.15, 0.2) is 18.2 Å². The Kier molecular flexibility index (Phi) is 4.63. The van der Waals surface area contributed by atoms with Gasteiger partial charge in [0.2, 0.25) is 12.7 Å². The number of benzene rings is 1. The summed E-state index contributed by atoms with van der Waals surface area (Å²) in [6.45, 7) is 0.801. The first-order chi connectivity index (χ1) is 13.0. The van der Waals surface area contributed by atoms with Gasteiger partial charge in [0.1, 0.15) is 5.00 Å². The van der Waals surface area contributed by atoms with Gasteiger partial charge in [0.15, 0.2) is 11.5 Å². The van der Waals surface area contributed by atoms with E-state index in [9.17, 15) is 14.7 Å². The molecule has 1 atom stereocenters. The molecule has 0 fully saturated rings. The normalized spacial score (nSPS) is 17.4. The van der Waals surface area contributed by atoms with Gasteiger partial charge in [-0.2, -0.15) is 0 Å². The molecule has 4 rings (SSSR count). The minimum absolute atomic E-state index is 0.147. The fraction of sp³-hybridized carbons (Fsp3) is 0.333. The summed E-state index contributed by atoms with van der Waals surface area (Å²) in [5.41, 5.74) is 7.51. The Morgan fingerprint density at radius 1 is 1.30 bits per heavy atom. The van der Waals surface area contributed by atoms with E-state index >= 15 is 0 Å². The minimum atomic E-state index is -1.03. The summed E-state index contributed by atoms with van der Waals surface area (Å²) in [5, 5.41) is 12.5. The first-order valence-electron chi connectivity index (χ1n) is 8.41. The van der Waals surface area contributed by atoms with Crippen molar-refractivity contribution in [3.8, 4) is 11.5 Å². The number of carbonyl (C=O) groups is 2. The summed E-state index contributed by atoms with van der Waals surface area (Å²) in [5.74, 6) is 0.138. The number of carbonyl (C=O) groups excluding carboxylic acids is 1. The first-order valence-corrected chi connectivity index (χ1v) is 9.23. The maximum atomic E-state index is 12.2. The third-order valence-corrected chi connectivity index (χ3v) is 5.58. The molecule has 0 radical (unpaired) electrons. The lowest BCUT2D eigenvalue weighted by Gasteiger charge is -2.23. The number of hydrogen-bond acceptors (Lipinski definition) is 7. The summed E-state index contributed by atoms with van der Waals surface area (Å²) >= 11 is 1.25. The van der Waals surface area contributed by atoms with Crippen LogP contribution in [0.2, 0.25) is 0 Å². The van der Waals surface area contributed by atoms with Gasteiger partial charge in [-0.15, -0.1) is 11.3 Å². The van der Waals surface area contributed by atoms with Crippen molar-refractivity contribution in [3.63, 3.8) is 0 Å². The Hall–Kier alpha value is -2.78. The van der Waals surface area contributed by atoms with Crippen LogP contribution in [-0.4, -0.2) is 36.4 Å². The second kappa shape index (κ2) is 7.09. The molecular formula is C18H18N2O6S. The van der Waals surface area contributed by atoms with Gasteiger partial charge in [-0.05, 0) is 23.3 Å². The Morgan fingerprint density at radius 2 is 2.11 bits per heavy atom. The highest BCUT2D eigenvalue weighted by Gasteiger charge is 2.28. The number of nitrogens with two attached hydrogens (primary N) is 1. The van der Waals surface area contributed by atoms with Gasteiger partial charge in [0, 0.05) is 17.8 Å². The summed E-state index contributed by atoms with van der Waals surface area (Å²) in [7, 11) is 0. The van der Waals surface area contributed by atoms with E-state index in [1.54, 1.807) is 12.1 Å². The van der Waals surface area contributed by atoms with E-state index in [0.29, 0.717) is 41.6 Å². The van der Waals surface area contributed by atoms with Gasteiger partial charge in [0.05, 0.1) is 24.7 Å². The lowest BCUT2D eigenvalue weighted by atomic mass is 10.0. The van der Waals surface area contributed by atoms with Crippen molar-refractivity contribution in [2.75, 3.05) is 19.1 Å². The number of nitrogen functional groups attached to an aromatic ring is 1. The van der Waals surface area contributed by atoms with E-state index in [2.05, 4.69) is 5.32 Å². The summed E-state index contributed by atoms with van der Waals surface area (Å²) < 4.78 is 16.3. The number of carboxylic acid groups (broad SMARTS) is 1. The van der Waals surface area contributed by atoms with Crippen LogP contribution in [0.5, 0.6) is 11.5 Å². The molecule has 142 valence electrons. The maximum absolute atomic E-state index is 12.2. The Bertz CT molecular complexity index is 909. The standard InChI is InChI=1S/C18H18N2O6S/c19-17-16(18(22)23)11-5-10(24-7-14(11)27-17)6-20-15(21)4-9-1-2-12-13(3-9)26-8-25-12/h1-3,10H,4-8,19H2,(H,20,21)(H,22,23). The molecule has 1 aromatic heterocycles. The lowest BCUT2D eigenvalue weighted by molar-refractivity contribution is -0.121. The molecular weight excluding hydrogens is 372 g/mol. The van der Waals surface area contributed by atoms with E-state index in [-0.39, 0.29) is 30.8 Å². The second-order valence-corrected chi connectivity index (χ2v) is 7.49. The molecule has 0 saturated heterocycles. The molecule has 1 aromatic carbocycles. The monoisotopic (exact) mass is 390 g/mol. The third kappa shape index (κ3) is 3.56. The van der Waals surface area contributed by atoms with E-state index in [0.717, 1.165) is 10.4 Å². The van der Waals surface area contributed by atoms with E-state index in [1.807, 2.05) is 6.07 Å². The quantitative estimate of drug-likeness (QED) is 0.708. The number of nitrogens with one attached hydrogen (secondary N) is 1. The van der Waals surface area contributed by atoms with E-state index in [1.165, 1.54) is 11.3 Å². The number of carboxylic acids is 1. The Labute approximate surface area is 158 Å². The van der Waals surface area contributed by atoms with Crippen molar-refractivity contribution in [2.24, 2.45) is 0 Å². The molecule has 9 heteroatoms. The fourth-order valence-corrected chi connectivity index (χ4v) is 4.25. The molecule has 2 aliphatic rings. The number of rotatable bonds is 5. The molecule has 1 unspecified atom stereocenters. The van der Waals surface area contributed by atoms with E-state index < -0.39 is 5.97 Å². The van der Waals surface area contributed by atoms with Crippen LogP contribution < -0.4 is 20.5 Å². The number of thiophene rings is 1. The third-order valence-electron chi connectivity index (χ3n) is 4.54. The molecule has 4 N–H and O–H groups in total. The topological polar surface area (TPSA) is 120 Å². The molecule has 8 nitrogen and oxygen atoms in total. The molecule has 3 heterocycles. The number of ether oxygens (including phenoxy) is 3. The van der Waals surface area contributed by atoms with Crippen molar-refractivity contribution >= 4 is 28.2 Å². The Balaban J connectivity index is 1.34. The second-order valence-electron chi connectivity index (χ2n) is 6.35. The number of hydrogen-bond donors (Lipinski definition) is 3. The first kappa shape index (κ1) is 17.6. The van der Waals surface area contributed by atoms with Crippen LogP contribution in [0, 0.1) is 0 Å². The number of amides is 1. The van der Waals surface area contributed by atoms with Crippen molar-refractivity contribution in [3.05, 3.63) is 39.8 Å². The summed E-state index contributed by atoms with van der Waals surface area (Å²) in [6, 6.07) is 5.40. The van der Waals surface area contributed by atoms with Crippen molar-refractivity contribution in [2.45, 2.75) is 25.6 Å². The van der Waals surface area contributed by atoms with Crippen LogP contribution in [-0.2, 0) is 29.0 Å². The molecule has 0 spiro atoms. The minimum Gasteiger partial charge on any atom is -0.478 e. The number of fused-ring (bicyclic) bond motifs is 2. The molecule has 2 aromatic rings.